The largest absolute Gasteiger partial charge is 0.493 e. The molecule has 1 aliphatic carbocycles. The monoisotopic (exact) mass is 362 g/mol. The van der Waals surface area contributed by atoms with Crippen LogP contribution in [-0.2, 0) is 11.2 Å². The van der Waals surface area contributed by atoms with Crippen LogP contribution in [0.4, 0.5) is 0 Å². The van der Waals surface area contributed by atoms with Gasteiger partial charge in [-0.25, -0.2) is 0 Å². The standard InChI is InChI=1S/C21H34N2O3/c1-16-5-9-18(10-6-16)22-21(24)12-8-17-7-11-19(20(15-17)25-4)26-14-13-23(2)3/h7,11,15-16,18H,5-6,8-10,12-14H2,1-4H3,(H,22,24)/t16-,18+. The molecule has 0 atom stereocenters. The molecule has 5 heteroatoms. The fourth-order valence-corrected chi connectivity index (χ4v) is 3.29. The van der Waals surface area contributed by atoms with E-state index in [9.17, 15) is 4.79 Å². The minimum Gasteiger partial charge on any atom is -0.493 e. The Balaban J connectivity index is 1.80. The Kier molecular flexibility index (Phi) is 8.23. The zero-order valence-corrected chi connectivity index (χ0v) is 16.7. The molecule has 0 saturated heterocycles. The number of amides is 1. The number of nitrogens with zero attached hydrogens (tertiary/aromatic N) is 1. The Morgan fingerprint density at radius 1 is 1.19 bits per heavy atom. The van der Waals surface area contributed by atoms with Crippen LogP contribution in [0.2, 0.25) is 0 Å². The van der Waals surface area contributed by atoms with Crippen LogP contribution in [-0.4, -0.2) is 51.2 Å². The summed E-state index contributed by atoms with van der Waals surface area (Å²) in [6.07, 6.45) is 5.88. The third-order valence-corrected chi connectivity index (χ3v) is 5.05. The molecule has 146 valence electrons. The highest BCUT2D eigenvalue weighted by Crippen LogP contribution is 2.28. The molecule has 0 heterocycles. The van der Waals surface area contributed by atoms with E-state index in [0.717, 1.165) is 42.4 Å². The highest BCUT2D eigenvalue weighted by Gasteiger charge is 2.19. The van der Waals surface area contributed by atoms with Gasteiger partial charge in [0.1, 0.15) is 6.61 Å². The molecule has 1 aromatic carbocycles. The Bertz CT molecular complexity index is 566. The maximum atomic E-state index is 12.2. The average molecular weight is 363 g/mol. The number of rotatable bonds is 9. The fraction of sp³-hybridized carbons (Fsp3) is 0.667. The van der Waals surface area contributed by atoms with Crippen molar-refractivity contribution in [1.29, 1.82) is 0 Å². The van der Waals surface area contributed by atoms with E-state index in [0.29, 0.717) is 25.5 Å². The van der Waals surface area contributed by atoms with Crippen LogP contribution < -0.4 is 14.8 Å². The maximum absolute atomic E-state index is 12.2. The Morgan fingerprint density at radius 2 is 1.92 bits per heavy atom. The van der Waals surface area contributed by atoms with E-state index < -0.39 is 0 Å². The van der Waals surface area contributed by atoms with Crippen LogP contribution in [0.15, 0.2) is 18.2 Å². The number of likely N-dealkylation sites (N-methyl/N-ethyl adjacent to an activating group) is 1. The minimum atomic E-state index is 0.148. The topological polar surface area (TPSA) is 50.8 Å². The highest BCUT2D eigenvalue weighted by molar-refractivity contribution is 5.76. The lowest BCUT2D eigenvalue weighted by atomic mass is 9.87. The van der Waals surface area contributed by atoms with E-state index in [1.807, 2.05) is 32.3 Å². The molecule has 0 aromatic heterocycles. The van der Waals surface area contributed by atoms with Crippen molar-refractivity contribution < 1.29 is 14.3 Å². The van der Waals surface area contributed by atoms with Crippen LogP contribution in [0.3, 0.4) is 0 Å². The molecule has 1 saturated carbocycles. The number of ether oxygens (including phenoxy) is 2. The Hall–Kier alpha value is -1.75. The van der Waals surface area contributed by atoms with E-state index >= 15 is 0 Å². The zero-order chi connectivity index (χ0) is 18.9. The molecule has 1 fully saturated rings. The van der Waals surface area contributed by atoms with Gasteiger partial charge in [-0.3, -0.25) is 4.79 Å². The molecule has 5 nitrogen and oxygen atoms in total. The molecule has 1 N–H and O–H groups in total. The van der Waals surface area contributed by atoms with Gasteiger partial charge in [0.15, 0.2) is 11.5 Å². The summed E-state index contributed by atoms with van der Waals surface area (Å²) in [5.41, 5.74) is 1.09. The van der Waals surface area contributed by atoms with Crippen molar-refractivity contribution in [3.63, 3.8) is 0 Å². The van der Waals surface area contributed by atoms with Crippen molar-refractivity contribution in [3.05, 3.63) is 23.8 Å². The molecule has 1 aromatic rings. The zero-order valence-electron chi connectivity index (χ0n) is 16.7. The summed E-state index contributed by atoms with van der Waals surface area (Å²) in [5.74, 6) is 2.42. The number of hydrogen-bond donors (Lipinski definition) is 1. The highest BCUT2D eigenvalue weighted by atomic mass is 16.5. The summed E-state index contributed by atoms with van der Waals surface area (Å²) in [7, 11) is 5.68. The third kappa shape index (κ3) is 6.87. The minimum absolute atomic E-state index is 0.148. The molecular formula is C21H34N2O3. The summed E-state index contributed by atoms with van der Waals surface area (Å²) >= 11 is 0. The van der Waals surface area contributed by atoms with Crippen LogP contribution in [0.25, 0.3) is 0 Å². The average Bonchev–Trinajstić information content (AvgIpc) is 2.62. The number of benzene rings is 1. The summed E-state index contributed by atoms with van der Waals surface area (Å²) in [4.78, 5) is 14.3. The van der Waals surface area contributed by atoms with Crippen molar-refractivity contribution in [1.82, 2.24) is 10.2 Å². The fourth-order valence-electron chi connectivity index (χ4n) is 3.29. The van der Waals surface area contributed by atoms with Crippen molar-refractivity contribution in [2.24, 2.45) is 5.92 Å². The number of methoxy groups -OCH3 is 1. The van der Waals surface area contributed by atoms with Gasteiger partial charge in [0.25, 0.3) is 0 Å². The van der Waals surface area contributed by atoms with E-state index in [1.165, 1.54) is 12.8 Å². The molecule has 0 spiro atoms. The van der Waals surface area contributed by atoms with Gasteiger partial charge in [-0.2, -0.15) is 0 Å². The van der Waals surface area contributed by atoms with Gasteiger partial charge in [0, 0.05) is 19.0 Å². The van der Waals surface area contributed by atoms with Gasteiger partial charge in [-0.05, 0) is 69.8 Å². The first kappa shape index (κ1) is 20.6. The van der Waals surface area contributed by atoms with E-state index in [1.54, 1.807) is 7.11 Å². The number of aryl methyl sites for hydroxylation is 1. The van der Waals surface area contributed by atoms with E-state index in [4.69, 9.17) is 9.47 Å². The van der Waals surface area contributed by atoms with E-state index in [2.05, 4.69) is 17.1 Å². The number of nitrogens with one attached hydrogen (secondary N) is 1. The lowest BCUT2D eigenvalue weighted by molar-refractivity contribution is -0.122. The molecule has 1 amide bonds. The summed E-state index contributed by atoms with van der Waals surface area (Å²) in [6, 6.07) is 6.29. The molecule has 1 aliphatic rings. The Morgan fingerprint density at radius 3 is 2.58 bits per heavy atom. The van der Waals surface area contributed by atoms with Crippen molar-refractivity contribution in [2.45, 2.75) is 51.5 Å². The third-order valence-electron chi connectivity index (χ3n) is 5.05. The second kappa shape index (κ2) is 10.4. The first-order valence-electron chi connectivity index (χ1n) is 9.71. The number of carbonyl (C=O) groups is 1. The van der Waals surface area contributed by atoms with Crippen LogP contribution >= 0.6 is 0 Å². The summed E-state index contributed by atoms with van der Waals surface area (Å²) in [5, 5.41) is 3.19. The lowest BCUT2D eigenvalue weighted by Crippen LogP contribution is -2.37. The van der Waals surface area contributed by atoms with Gasteiger partial charge >= 0.3 is 0 Å². The lowest BCUT2D eigenvalue weighted by Gasteiger charge is -2.26. The van der Waals surface area contributed by atoms with Gasteiger partial charge in [-0.15, -0.1) is 0 Å². The van der Waals surface area contributed by atoms with Gasteiger partial charge in [0.05, 0.1) is 7.11 Å². The summed E-state index contributed by atoms with van der Waals surface area (Å²) in [6.45, 7) is 3.76. The molecule has 0 unspecified atom stereocenters. The molecule has 0 radical (unpaired) electrons. The SMILES string of the molecule is COc1cc(CCC(=O)N[C@H]2CC[C@@H](C)CC2)ccc1OCCN(C)C. The smallest absolute Gasteiger partial charge is 0.220 e. The normalized spacial score (nSPS) is 20.0. The first-order valence-corrected chi connectivity index (χ1v) is 9.71. The maximum Gasteiger partial charge on any atom is 0.220 e. The van der Waals surface area contributed by atoms with Gasteiger partial charge in [-0.1, -0.05) is 13.0 Å². The molecule has 2 rings (SSSR count). The summed E-state index contributed by atoms with van der Waals surface area (Å²) < 4.78 is 11.2. The van der Waals surface area contributed by atoms with Gasteiger partial charge in [0.2, 0.25) is 5.91 Å². The second-order valence-electron chi connectivity index (χ2n) is 7.66. The molecular weight excluding hydrogens is 328 g/mol. The van der Waals surface area contributed by atoms with Crippen LogP contribution in [0.5, 0.6) is 11.5 Å². The van der Waals surface area contributed by atoms with Crippen molar-refractivity contribution >= 4 is 5.91 Å². The molecule has 0 aliphatic heterocycles. The first-order chi connectivity index (χ1) is 12.5. The van der Waals surface area contributed by atoms with Gasteiger partial charge < -0.3 is 19.7 Å². The van der Waals surface area contributed by atoms with Crippen molar-refractivity contribution in [3.8, 4) is 11.5 Å². The van der Waals surface area contributed by atoms with E-state index in [-0.39, 0.29) is 5.91 Å². The quantitative estimate of drug-likeness (QED) is 0.733. The second-order valence-corrected chi connectivity index (χ2v) is 7.66. The van der Waals surface area contributed by atoms with Crippen LogP contribution in [0, 0.1) is 5.92 Å². The van der Waals surface area contributed by atoms with Crippen molar-refractivity contribution in [2.75, 3.05) is 34.4 Å². The Labute approximate surface area is 158 Å². The predicted octanol–water partition coefficient (Wildman–Crippen LogP) is 3.26. The number of hydrogen-bond acceptors (Lipinski definition) is 4. The molecule has 26 heavy (non-hydrogen) atoms. The molecule has 0 bridgehead atoms. The predicted molar refractivity (Wildman–Crippen MR) is 105 cm³/mol. The number of carbonyl (C=O) groups excluding carboxylic acids is 1. The van der Waals surface area contributed by atoms with Crippen LogP contribution in [0.1, 0.15) is 44.6 Å².